The Morgan fingerprint density at radius 3 is 2.64 bits per heavy atom. The summed E-state index contributed by atoms with van der Waals surface area (Å²) < 4.78 is 11.3. The van der Waals surface area contributed by atoms with Crippen molar-refractivity contribution in [2.45, 2.75) is 0 Å². The fraction of sp³-hybridized carbons (Fsp3) is 0.125. The second kappa shape index (κ2) is 7.14. The summed E-state index contributed by atoms with van der Waals surface area (Å²) in [6.07, 6.45) is 1.35. The van der Waals surface area contributed by atoms with E-state index >= 15 is 0 Å². The molecule has 128 valence electrons. The summed E-state index contributed by atoms with van der Waals surface area (Å²) in [5.41, 5.74) is 3.82. The lowest BCUT2D eigenvalue weighted by atomic mass is 10.1. The predicted octanol–water partition coefficient (Wildman–Crippen LogP) is 3.67. The van der Waals surface area contributed by atoms with Crippen molar-refractivity contribution in [3.05, 3.63) is 52.1 Å². The number of hydrogen-bond donors (Lipinski definition) is 1. The van der Waals surface area contributed by atoms with Gasteiger partial charge in [-0.15, -0.1) is 0 Å². The van der Waals surface area contributed by atoms with Crippen molar-refractivity contribution < 1.29 is 14.4 Å². The van der Waals surface area contributed by atoms with Crippen LogP contribution in [0.3, 0.4) is 0 Å². The van der Waals surface area contributed by atoms with Crippen LogP contribution in [-0.4, -0.2) is 30.3 Å². The predicted molar refractivity (Wildman–Crippen MR) is 97.0 cm³/mol. The summed E-state index contributed by atoms with van der Waals surface area (Å²) in [5, 5.41) is 15.9. The first kappa shape index (κ1) is 16.7. The lowest BCUT2D eigenvalue weighted by molar-refractivity contribution is -0.385. The first-order chi connectivity index (χ1) is 12.1. The number of rotatable bonds is 6. The van der Waals surface area contributed by atoms with Crippen LogP contribution in [0.1, 0.15) is 5.56 Å². The van der Waals surface area contributed by atoms with Crippen LogP contribution in [-0.2, 0) is 0 Å². The van der Waals surface area contributed by atoms with Crippen molar-refractivity contribution in [3.63, 3.8) is 0 Å². The molecule has 1 aromatic heterocycles. The van der Waals surface area contributed by atoms with Gasteiger partial charge >= 0.3 is 0 Å². The molecule has 1 heterocycles. The molecule has 0 radical (unpaired) electrons. The van der Waals surface area contributed by atoms with Gasteiger partial charge in [0.1, 0.15) is 0 Å². The van der Waals surface area contributed by atoms with E-state index < -0.39 is 4.92 Å². The number of hydrazone groups is 1. The number of nitrogens with zero attached hydrogens (tertiary/aromatic N) is 3. The first-order valence-electron chi connectivity index (χ1n) is 7.17. The number of methoxy groups -OCH3 is 2. The molecule has 8 nitrogen and oxygen atoms in total. The Morgan fingerprint density at radius 1 is 1.24 bits per heavy atom. The third kappa shape index (κ3) is 3.50. The molecule has 9 heteroatoms. The number of benzene rings is 2. The standard InChI is InChI=1S/C16H14N4O4S/c1-23-13-7-10(12(20(21)22)8-14(13)24-2)9-17-19-16-18-11-5-3-4-6-15(11)25-16/h3-9H,1-2H3,(H,18,19)/b17-9+. The van der Waals surface area contributed by atoms with Crippen molar-refractivity contribution in [3.8, 4) is 11.5 Å². The molecule has 3 aromatic rings. The minimum absolute atomic E-state index is 0.132. The van der Waals surface area contributed by atoms with E-state index in [9.17, 15) is 10.1 Å². The van der Waals surface area contributed by atoms with E-state index in [4.69, 9.17) is 9.47 Å². The molecule has 0 aliphatic heterocycles. The molecule has 0 aliphatic carbocycles. The van der Waals surface area contributed by atoms with E-state index in [1.54, 1.807) is 0 Å². The van der Waals surface area contributed by atoms with Crippen LogP contribution in [0.4, 0.5) is 10.8 Å². The quantitative estimate of drug-likeness (QED) is 0.410. The summed E-state index contributed by atoms with van der Waals surface area (Å²) in [7, 11) is 2.88. The molecule has 0 saturated carbocycles. The minimum atomic E-state index is -0.499. The van der Waals surface area contributed by atoms with Crippen LogP contribution in [0.25, 0.3) is 10.2 Å². The summed E-state index contributed by atoms with van der Waals surface area (Å²) in [6, 6.07) is 10.5. The molecule has 1 N–H and O–H groups in total. The monoisotopic (exact) mass is 358 g/mol. The van der Waals surface area contributed by atoms with Gasteiger partial charge in [0.05, 0.1) is 47.2 Å². The van der Waals surface area contributed by atoms with Gasteiger partial charge in [0.25, 0.3) is 5.69 Å². The molecule has 0 spiro atoms. The van der Waals surface area contributed by atoms with E-state index in [2.05, 4.69) is 15.5 Å². The van der Waals surface area contributed by atoms with Crippen LogP contribution in [0.15, 0.2) is 41.5 Å². The zero-order valence-electron chi connectivity index (χ0n) is 13.4. The van der Waals surface area contributed by atoms with E-state index in [1.807, 2.05) is 24.3 Å². The van der Waals surface area contributed by atoms with Gasteiger partial charge in [-0.25, -0.2) is 4.98 Å². The summed E-state index contributed by atoms with van der Waals surface area (Å²) in [4.78, 5) is 15.1. The largest absolute Gasteiger partial charge is 0.493 e. The molecular formula is C16H14N4O4S. The third-order valence-corrected chi connectivity index (χ3v) is 4.33. The summed E-state index contributed by atoms with van der Waals surface area (Å²) in [5.74, 6) is 0.667. The smallest absolute Gasteiger partial charge is 0.282 e. The molecule has 0 aliphatic rings. The third-order valence-electron chi connectivity index (χ3n) is 3.39. The minimum Gasteiger partial charge on any atom is -0.493 e. The Kier molecular flexibility index (Phi) is 4.75. The van der Waals surface area contributed by atoms with Crippen LogP contribution in [0, 0.1) is 10.1 Å². The maximum atomic E-state index is 11.3. The number of nitro groups is 1. The molecule has 0 fully saturated rings. The van der Waals surface area contributed by atoms with E-state index in [-0.39, 0.29) is 17.0 Å². The highest BCUT2D eigenvalue weighted by molar-refractivity contribution is 7.22. The fourth-order valence-electron chi connectivity index (χ4n) is 2.22. The fourth-order valence-corrected chi connectivity index (χ4v) is 3.04. The van der Waals surface area contributed by atoms with Gasteiger partial charge in [-0.2, -0.15) is 5.10 Å². The van der Waals surface area contributed by atoms with Crippen LogP contribution >= 0.6 is 11.3 Å². The molecule has 25 heavy (non-hydrogen) atoms. The second-order valence-electron chi connectivity index (χ2n) is 4.88. The second-order valence-corrected chi connectivity index (χ2v) is 5.91. The zero-order chi connectivity index (χ0) is 17.8. The lowest BCUT2D eigenvalue weighted by Gasteiger charge is -2.08. The number of fused-ring (bicyclic) bond motifs is 1. The van der Waals surface area contributed by atoms with Crippen molar-refractivity contribution in [1.82, 2.24) is 4.98 Å². The number of nitro benzene ring substituents is 1. The van der Waals surface area contributed by atoms with Crippen molar-refractivity contribution in [2.24, 2.45) is 5.10 Å². The Morgan fingerprint density at radius 2 is 1.96 bits per heavy atom. The van der Waals surface area contributed by atoms with Crippen LogP contribution < -0.4 is 14.9 Å². The Hall–Kier alpha value is -3.20. The topological polar surface area (TPSA) is 98.9 Å². The van der Waals surface area contributed by atoms with Gasteiger partial charge in [-0.3, -0.25) is 15.5 Å². The Labute approximate surface area is 146 Å². The molecule has 0 bridgehead atoms. The zero-order valence-corrected chi connectivity index (χ0v) is 14.2. The number of ether oxygens (including phenoxy) is 2. The molecule has 2 aromatic carbocycles. The van der Waals surface area contributed by atoms with Gasteiger partial charge in [0, 0.05) is 0 Å². The highest BCUT2D eigenvalue weighted by atomic mass is 32.1. The lowest BCUT2D eigenvalue weighted by Crippen LogP contribution is -1.99. The van der Waals surface area contributed by atoms with Gasteiger partial charge in [-0.1, -0.05) is 23.5 Å². The van der Waals surface area contributed by atoms with E-state index in [0.717, 1.165) is 10.2 Å². The van der Waals surface area contributed by atoms with Gasteiger partial charge in [0.2, 0.25) is 5.13 Å². The number of nitrogens with one attached hydrogen (secondary N) is 1. The summed E-state index contributed by atoms with van der Waals surface area (Å²) >= 11 is 1.44. The SMILES string of the molecule is COc1cc(/C=N/Nc2nc3ccccc3s2)c([N+](=O)[O-])cc1OC. The molecular weight excluding hydrogens is 344 g/mol. The van der Waals surface area contributed by atoms with Gasteiger partial charge in [0.15, 0.2) is 11.5 Å². The van der Waals surface area contributed by atoms with E-state index in [1.165, 1.54) is 43.9 Å². The molecule has 0 amide bonds. The number of aromatic nitrogens is 1. The Balaban J connectivity index is 1.87. The van der Waals surface area contributed by atoms with Crippen molar-refractivity contribution in [1.29, 1.82) is 0 Å². The van der Waals surface area contributed by atoms with Crippen LogP contribution in [0.5, 0.6) is 11.5 Å². The number of hydrogen-bond acceptors (Lipinski definition) is 8. The highest BCUT2D eigenvalue weighted by Crippen LogP contribution is 2.33. The molecule has 0 saturated heterocycles. The van der Waals surface area contributed by atoms with E-state index in [0.29, 0.717) is 10.9 Å². The number of para-hydroxylation sites is 1. The molecule has 3 rings (SSSR count). The molecule has 0 unspecified atom stereocenters. The number of thiazole rings is 1. The normalized spacial score (nSPS) is 11.0. The summed E-state index contributed by atoms with van der Waals surface area (Å²) in [6.45, 7) is 0. The highest BCUT2D eigenvalue weighted by Gasteiger charge is 2.18. The first-order valence-corrected chi connectivity index (χ1v) is 7.99. The van der Waals surface area contributed by atoms with Crippen molar-refractivity contribution >= 4 is 38.6 Å². The van der Waals surface area contributed by atoms with Crippen LogP contribution in [0.2, 0.25) is 0 Å². The van der Waals surface area contributed by atoms with Gasteiger partial charge < -0.3 is 9.47 Å². The average molecular weight is 358 g/mol. The maximum absolute atomic E-state index is 11.3. The molecule has 0 atom stereocenters. The Bertz CT molecular complexity index is 921. The van der Waals surface area contributed by atoms with Gasteiger partial charge in [-0.05, 0) is 18.2 Å². The number of anilines is 1. The van der Waals surface area contributed by atoms with Crippen molar-refractivity contribution in [2.75, 3.05) is 19.6 Å². The maximum Gasteiger partial charge on any atom is 0.282 e. The average Bonchev–Trinajstić information content (AvgIpc) is 3.03.